The Morgan fingerprint density at radius 3 is 2.17 bits per heavy atom. The molecule has 0 saturated carbocycles. The summed E-state index contributed by atoms with van der Waals surface area (Å²) in [6, 6.07) is 9.71. The van der Waals surface area contributed by atoms with E-state index >= 15 is 0 Å². The van der Waals surface area contributed by atoms with Crippen molar-refractivity contribution in [3.05, 3.63) is 71.8 Å². The van der Waals surface area contributed by atoms with Gasteiger partial charge in [-0.25, -0.2) is 4.79 Å². The molecule has 0 bridgehead atoms. The van der Waals surface area contributed by atoms with Crippen LogP contribution < -0.4 is 10.6 Å². The van der Waals surface area contributed by atoms with E-state index in [1.807, 2.05) is 32.0 Å². The second kappa shape index (κ2) is 11.6. The van der Waals surface area contributed by atoms with Gasteiger partial charge in [0.15, 0.2) is 0 Å². The van der Waals surface area contributed by atoms with E-state index in [1.165, 1.54) is 30.0 Å². The van der Waals surface area contributed by atoms with Crippen molar-refractivity contribution >= 4 is 23.6 Å². The maximum atomic E-state index is 13.6. The number of carbonyl (C=O) groups excluding carboxylic acids is 3. The Hall–Kier alpha value is -3.81. The summed E-state index contributed by atoms with van der Waals surface area (Å²) in [5.41, 5.74) is 2.18. The number of nitrogens with one attached hydrogen (secondary N) is 2. The van der Waals surface area contributed by atoms with E-state index in [1.54, 1.807) is 32.9 Å². The van der Waals surface area contributed by atoms with Gasteiger partial charge in [-0.05, 0) is 70.4 Å². The average Bonchev–Trinajstić information content (AvgIpc) is 2.75. The van der Waals surface area contributed by atoms with E-state index in [0.717, 1.165) is 11.1 Å². The summed E-state index contributed by atoms with van der Waals surface area (Å²) in [6.07, 6.45) is 0.774. The molecule has 2 aromatic rings. The number of hydrogen-bond acceptors (Lipinski definition) is 5. The van der Waals surface area contributed by atoms with Crippen molar-refractivity contribution in [2.45, 2.75) is 59.2 Å². The third kappa shape index (κ3) is 7.60. The second-order valence-electron chi connectivity index (χ2n) is 9.40. The highest BCUT2D eigenvalue weighted by Gasteiger charge is 2.34. The second-order valence-corrected chi connectivity index (χ2v) is 9.40. The number of hydrogen-bond donors (Lipinski definition) is 3. The minimum atomic E-state index is -1.05. The third-order valence-corrected chi connectivity index (χ3v) is 5.21. The van der Waals surface area contributed by atoms with Crippen LogP contribution in [0.5, 0.6) is 5.75 Å². The molecular weight excluding hydrogens is 446 g/mol. The Bertz CT molecular complexity index is 1050. The summed E-state index contributed by atoms with van der Waals surface area (Å²) >= 11 is 0. The van der Waals surface area contributed by atoms with Crippen molar-refractivity contribution in [2.24, 2.45) is 0 Å². The Morgan fingerprint density at radius 1 is 1.09 bits per heavy atom. The number of rotatable bonds is 8. The van der Waals surface area contributed by atoms with Crippen LogP contribution >= 0.6 is 0 Å². The lowest BCUT2D eigenvalue weighted by Gasteiger charge is -2.33. The van der Waals surface area contributed by atoms with Crippen LogP contribution in [0.1, 0.15) is 50.4 Å². The van der Waals surface area contributed by atoms with Crippen molar-refractivity contribution in [1.82, 2.24) is 10.2 Å². The number of aryl methyl sites for hydroxylation is 2. The molecule has 35 heavy (non-hydrogen) atoms. The van der Waals surface area contributed by atoms with Gasteiger partial charge in [0.05, 0.1) is 0 Å². The first-order valence-corrected chi connectivity index (χ1v) is 11.4. The molecule has 2 rings (SSSR count). The number of aromatic hydroxyl groups is 1. The van der Waals surface area contributed by atoms with Gasteiger partial charge in [-0.3, -0.25) is 9.59 Å². The smallest absolute Gasteiger partial charge is 0.408 e. The lowest BCUT2D eigenvalue weighted by atomic mass is 10.0. The fraction of sp³-hybridized carbons (Fsp3) is 0.370. The molecule has 0 aliphatic rings. The molecule has 0 aliphatic carbocycles. The summed E-state index contributed by atoms with van der Waals surface area (Å²) in [6.45, 7) is 14.3. The zero-order valence-electron chi connectivity index (χ0n) is 21.2. The molecule has 2 atom stereocenters. The number of carbonyl (C=O) groups is 3. The van der Waals surface area contributed by atoms with Crippen LogP contribution in [0.2, 0.25) is 0 Å². The lowest BCUT2D eigenvalue weighted by molar-refractivity contribution is -0.139. The van der Waals surface area contributed by atoms with Gasteiger partial charge in [0.2, 0.25) is 5.91 Å². The van der Waals surface area contributed by atoms with Crippen LogP contribution in [-0.2, 0) is 14.3 Å². The fourth-order valence-corrected chi connectivity index (χ4v) is 3.59. The molecule has 8 nitrogen and oxygen atoms in total. The molecule has 2 aromatic carbocycles. The summed E-state index contributed by atoms with van der Waals surface area (Å²) < 4.78 is 5.26. The Labute approximate surface area is 207 Å². The molecule has 3 amide bonds. The van der Waals surface area contributed by atoms with Gasteiger partial charge in [0, 0.05) is 12.2 Å². The predicted molar refractivity (Wildman–Crippen MR) is 136 cm³/mol. The standard InChI is InChI=1S/C27H35N3O5/c1-8-16-30(25(33)19(4)28-26(34)35-27(5,6)7)23(20-12-14-21(31)15-13-20)24(32)29-22-17(2)10-9-11-18(22)3/h8-15,19,23,31H,1,16H2,2-7H3,(H,28,34)(H,29,32). The quantitative estimate of drug-likeness (QED) is 0.477. The largest absolute Gasteiger partial charge is 0.508 e. The van der Waals surface area contributed by atoms with Crippen molar-refractivity contribution in [3.63, 3.8) is 0 Å². The lowest BCUT2D eigenvalue weighted by Crippen LogP contribution is -2.51. The molecule has 0 radical (unpaired) electrons. The molecule has 0 fully saturated rings. The van der Waals surface area contributed by atoms with Gasteiger partial charge in [-0.1, -0.05) is 36.4 Å². The Kier molecular flexibility index (Phi) is 9.05. The van der Waals surface area contributed by atoms with Crippen LogP contribution in [0.4, 0.5) is 10.5 Å². The van der Waals surface area contributed by atoms with Crippen molar-refractivity contribution in [1.29, 1.82) is 0 Å². The third-order valence-electron chi connectivity index (χ3n) is 5.21. The number of alkyl carbamates (subject to hydrolysis) is 1. The number of amides is 3. The predicted octanol–water partition coefficient (Wildman–Crippen LogP) is 4.62. The summed E-state index contributed by atoms with van der Waals surface area (Å²) in [5.74, 6) is -0.900. The van der Waals surface area contributed by atoms with Crippen LogP contribution in [0.25, 0.3) is 0 Å². The van der Waals surface area contributed by atoms with Crippen LogP contribution in [0, 0.1) is 13.8 Å². The monoisotopic (exact) mass is 481 g/mol. The van der Waals surface area contributed by atoms with E-state index in [0.29, 0.717) is 11.3 Å². The van der Waals surface area contributed by atoms with Gasteiger partial charge in [0.1, 0.15) is 23.4 Å². The highest BCUT2D eigenvalue weighted by Crippen LogP contribution is 2.28. The van der Waals surface area contributed by atoms with Gasteiger partial charge in [-0.2, -0.15) is 0 Å². The number of anilines is 1. The minimum Gasteiger partial charge on any atom is -0.508 e. The maximum absolute atomic E-state index is 13.6. The number of para-hydroxylation sites is 1. The topological polar surface area (TPSA) is 108 Å². The molecule has 0 aliphatic heterocycles. The number of ether oxygens (including phenoxy) is 1. The molecule has 0 spiro atoms. The molecule has 0 aromatic heterocycles. The number of phenolic OH excluding ortho intramolecular Hbond substituents is 1. The van der Waals surface area contributed by atoms with E-state index in [9.17, 15) is 19.5 Å². The minimum absolute atomic E-state index is 0.0317. The number of phenols is 1. The summed E-state index contributed by atoms with van der Waals surface area (Å²) in [7, 11) is 0. The van der Waals surface area contributed by atoms with Crippen molar-refractivity contribution in [2.75, 3.05) is 11.9 Å². The Balaban J connectivity index is 2.43. The molecule has 188 valence electrons. The van der Waals surface area contributed by atoms with Crippen LogP contribution in [0.15, 0.2) is 55.1 Å². The van der Waals surface area contributed by atoms with E-state index in [2.05, 4.69) is 17.2 Å². The zero-order valence-corrected chi connectivity index (χ0v) is 21.2. The van der Waals surface area contributed by atoms with Gasteiger partial charge in [0.25, 0.3) is 5.91 Å². The van der Waals surface area contributed by atoms with Gasteiger partial charge in [-0.15, -0.1) is 6.58 Å². The van der Waals surface area contributed by atoms with Crippen LogP contribution in [-0.4, -0.2) is 46.1 Å². The van der Waals surface area contributed by atoms with E-state index in [-0.39, 0.29) is 12.3 Å². The molecule has 2 unspecified atom stereocenters. The Morgan fingerprint density at radius 2 is 1.66 bits per heavy atom. The van der Waals surface area contributed by atoms with Gasteiger partial charge < -0.3 is 25.4 Å². The molecule has 0 heterocycles. The van der Waals surface area contributed by atoms with Crippen molar-refractivity contribution in [3.8, 4) is 5.75 Å². The SMILES string of the molecule is C=CCN(C(=O)C(C)NC(=O)OC(C)(C)C)C(C(=O)Nc1c(C)cccc1C)c1ccc(O)cc1. The van der Waals surface area contributed by atoms with E-state index in [4.69, 9.17) is 4.74 Å². The zero-order chi connectivity index (χ0) is 26.3. The van der Waals surface area contributed by atoms with Crippen LogP contribution in [0.3, 0.4) is 0 Å². The first-order valence-electron chi connectivity index (χ1n) is 11.4. The summed E-state index contributed by atoms with van der Waals surface area (Å²) in [4.78, 5) is 40.7. The first-order chi connectivity index (χ1) is 16.3. The number of benzene rings is 2. The van der Waals surface area contributed by atoms with Gasteiger partial charge >= 0.3 is 6.09 Å². The highest BCUT2D eigenvalue weighted by molar-refractivity contribution is 5.99. The average molecular weight is 482 g/mol. The highest BCUT2D eigenvalue weighted by atomic mass is 16.6. The fourth-order valence-electron chi connectivity index (χ4n) is 3.59. The summed E-state index contributed by atoms with van der Waals surface area (Å²) in [5, 5.41) is 15.3. The number of nitrogens with zero attached hydrogens (tertiary/aromatic N) is 1. The molecular formula is C27H35N3O5. The maximum Gasteiger partial charge on any atom is 0.408 e. The first kappa shape index (κ1) is 27.4. The molecule has 0 saturated heterocycles. The van der Waals surface area contributed by atoms with Crippen molar-refractivity contribution < 1.29 is 24.2 Å². The normalized spacial score (nSPS) is 12.7. The molecule has 3 N–H and O–H groups in total. The molecule has 8 heteroatoms. The van der Waals surface area contributed by atoms with E-state index < -0.39 is 35.6 Å².